The molecule has 0 aromatic carbocycles. The van der Waals surface area contributed by atoms with E-state index in [2.05, 4.69) is 26.8 Å². The molecule has 3 rings (SSSR count). The van der Waals surface area contributed by atoms with Gasteiger partial charge in [-0.25, -0.2) is 0 Å². The minimum atomic E-state index is 0.186. The van der Waals surface area contributed by atoms with Crippen molar-refractivity contribution in [2.24, 2.45) is 17.3 Å². The van der Waals surface area contributed by atoms with E-state index in [1.807, 2.05) is 0 Å². The fourth-order valence-corrected chi connectivity index (χ4v) is 2.62. The first-order valence-electron chi connectivity index (χ1n) is 4.75. The van der Waals surface area contributed by atoms with Gasteiger partial charge < -0.3 is 0 Å². The smallest absolute Gasteiger partial charge is 0.140 e. The van der Waals surface area contributed by atoms with Crippen LogP contribution in [0.4, 0.5) is 0 Å². The molecule has 0 N–H and O–H groups in total. The summed E-state index contributed by atoms with van der Waals surface area (Å²) in [4.78, 5) is 11.5. The number of allylic oxidation sites excluding steroid dienone is 2. The zero-order valence-corrected chi connectivity index (χ0v) is 8.05. The zero-order chi connectivity index (χ0) is 8.93. The van der Waals surface area contributed by atoms with E-state index in [1.165, 1.54) is 5.57 Å². The maximum atomic E-state index is 11.5. The summed E-state index contributed by atoms with van der Waals surface area (Å²) in [7, 11) is 0. The van der Waals surface area contributed by atoms with Crippen LogP contribution in [0.15, 0.2) is 11.6 Å². The number of carbonyl (C=O) groups excluding carboxylic acids is 1. The third kappa shape index (κ3) is 0.825. The summed E-state index contributed by atoms with van der Waals surface area (Å²) in [5, 5.41) is 0. The highest BCUT2D eigenvalue weighted by atomic mass is 16.1. The molecule has 0 radical (unpaired) electrons. The first kappa shape index (κ1) is 8.03. The van der Waals surface area contributed by atoms with Gasteiger partial charge >= 0.3 is 0 Å². The molecule has 3 aliphatic carbocycles. The minimum absolute atomic E-state index is 0.186. The van der Waals surface area contributed by atoms with Gasteiger partial charge in [0.25, 0.3) is 0 Å². The Morgan fingerprint density at radius 2 is 2.25 bits per heavy atom. The van der Waals surface area contributed by atoms with Gasteiger partial charge in [-0.2, -0.15) is 0 Å². The molecule has 66 valence electrons. The van der Waals surface area contributed by atoms with E-state index < -0.39 is 0 Å². The highest BCUT2D eigenvalue weighted by Gasteiger charge is 2.46. The van der Waals surface area contributed by atoms with Crippen molar-refractivity contribution < 1.29 is 4.79 Å². The van der Waals surface area contributed by atoms with E-state index in [0.717, 1.165) is 12.8 Å². The zero-order valence-electron chi connectivity index (χ0n) is 8.05. The van der Waals surface area contributed by atoms with Crippen LogP contribution in [0.25, 0.3) is 0 Å². The molecule has 0 spiro atoms. The van der Waals surface area contributed by atoms with Crippen LogP contribution >= 0.6 is 0 Å². The summed E-state index contributed by atoms with van der Waals surface area (Å²) in [6.45, 7) is 6.68. The summed E-state index contributed by atoms with van der Waals surface area (Å²) in [5.41, 5.74) is 1.62. The second kappa shape index (κ2) is 2.21. The van der Waals surface area contributed by atoms with Crippen molar-refractivity contribution in [2.45, 2.75) is 33.6 Å². The fraction of sp³-hybridized carbons (Fsp3) is 0.727. The van der Waals surface area contributed by atoms with Crippen molar-refractivity contribution in [3.05, 3.63) is 11.6 Å². The SMILES string of the molecule is CC1=CC2CC(C)C1(C)CC2=O. The van der Waals surface area contributed by atoms with E-state index in [1.54, 1.807) is 0 Å². The van der Waals surface area contributed by atoms with Crippen LogP contribution in [0.3, 0.4) is 0 Å². The third-order valence-electron chi connectivity index (χ3n) is 4.00. The van der Waals surface area contributed by atoms with Crippen LogP contribution in [0.1, 0.15) is 33.6 Å². The van der Waals surface area contributed by atoms with Crippen LogP contribution in [-0.4, -0.2) is 5.78 Å². The number of ketones is 1. The quantitative estimate of drug-likeness (QED) is 0.503. The molecule has 3 aliphatic rings. The lowest BCUT2D eigenvalue weighted by atomic mass is 9.56. The number of Topliss-reactive ketones (excluding diaryl/α,β-unsaturated/α-hetero) is 1. The van der Waals surface area contributed by atoms with Crippen molar-refractivity contribution in [3.63, 3.8) is 0 Å². The maximum absolute atomic E-state index is 11.5. The molecule has 0 aromatic rings. The van der Waals surface area contributed by atoms with Gasteiger partial charge in [-0.15, -0.1) is 0 Å². The molecule has 0 aliphatic heterocycles. The van der Waals surface area contributed by atoms with Gasteiger partial charge in [0.15, 0.2) is 0 Å². The molecule has 3 atom stereocenters. The average molecular weight is 164 g/mol. The lowest BCUT2D eigenvalue weighted by molar-refractivity contribution is -0.128. The number of hydrogen-bond donors (Lipinski definition) is 0. The summed E-state index contributed by atoms with van der Waals surface area (Å²) in [5.74, 6) is 1.40. The Labute approximate surface area is 73.8 Å². The van der Waals surface area contributed by atoms with Crippen molar-refractivity contribution in [2.75, 3.05) is 0 Å². The molecular formula is C11H16O. The lowest BCUT2D eigenvalue weighted by Gasteiger charge is -2.47. The van der Waals surface area contributed by atoms with E-state index in [-0.39, 0.29) is 11.3 Å². The third-order valence-corrected chi connectivity index (χ3v) is 4.00. The number of carbonyl (C=O) groups is 1. The molecule has 0 heterocycles. The van der Waals surface area contributed by atoms with E-state index >= 15 is 0 Å². The van der Waals surface area contributed by atoms with Crippen molar-refractivity contribution in [1.29, 1.82) is 0 Å². The molecule has 12 heavy (non-hydrogen) atoms. The highest BCUT2D eigenvalue weighted by molar-refractivity contribution is 5.86. The Morgan fingerprint density at radius 3 is 2.75 bits per heavy atom. The molecule has 1 heteroatoms. The topological polar surface area (TPSA) is 17.1 Å². The summed E-state index contributed by atoms with van der Waals surface area (Å²) < 4.78 is 0. The number of rotatable bonds is 0. The highest BCUT2D eigenvalue weighted by Crippen LogP contribution is 2.51. The monoisotopic (exact) mass is 164 g/mol. The molecular weight excluding hydrogens is 148 g/mol. The van der Waals surface area contributed by atoms with Gasteiger partial charge in [-0.05, 0) is 24.7 Å². The molecule has 1 fully saturated rings. The predicted octanol–water partition coefficient (Wildman–Crippen LogP) is 2.57. The van der Waals surface area contributed by atoms with E-state index in [4.69, 9.17) is 0 Å². The van der Waals surface area contributed by atoms with Crippen molar-refractivity contribution >= 4 is 5.78 Å². The van der Waals surface area contributed by atoms with Crippen LogP contribution in [0.2, 0.25) is 0 Å². The molecule has 0 saturated heterocycles. The average Bonchev–Trinajstić information content (AvgIpc) is 1.97. The van der Waals surface area contributed by atoms with Crippen LogP contribution < -0.4 is 0 Å². The van der Waals surface area contributed by atoms with Gasteiger partial charge in [-0.1, -0.05) is 25.5 Å². The summed E-state index contributed by atoms with van der Waals surface area (Å²) in [6.07, 6.45) is 4.04. The van der Waals surface area contributed by atoms with Crippen molar-refractivity contribution in [3.8, 4) is 0 Å². The predicted molar refractivity (Wildman–Crippen MR) is 48.8 cm³/mol. The normalized spacial score (nSPS) is 46.2. The second-order valence-electron chi connectivity index (χ2n) is 4.65. The molecule has 1 saturated carbocycles. The lowest BCUT2D eigenvalue weighted by Crippen LogP contribution is -2.43. The maximum Gasteiger partial charge on any atom is 0.140 e. The Hall–Kier alpha value is -0.590. The molecule has 1 nitrogen and oxygen atoms in total. The fourth-order valence-electron chi connectivity index (χ4n) is 2.62. The van der Waals surface area contributed by atoms with Crippen molar-refractivity contribution in [1.82, 2.24) is 0 Å². The van der Waals surface area contributed by atoms with Crippen LogP contribution in [-0.2, 0) is 4.79 Å². The number of fused-ring (bicyclic) bond motifs is 2. The largest absolute Gasteiger partial charge is 0.299 e. The van der Waals surface area contributed by atoms with E-state index in [9.17, 15) is 4.79 Å². The Kier molecular flexibility index (Phi) is 1.48. The molecule has 0 aromatic heterocycles. The first-order valence-corrected chi connectivity index (χ1v) is 4.75. The van der Waals surface area contributed by atoms with Gasteiger partial charge in [0.1, 0.15) is 5.78 Å². The Balaban J connectivity index is 2.46. The minimum Gasteiger partial charge on any atom is -0.299 e. The van der Waals surface area contributed by atoms with Crippen LogP contribution in [0.5, 0.6) is 0 Å². The van der Waals surface area contributed by atoms with Crippen LogP contribution in [0, 0.1) is 17.3 Å². The molecule has 0 amide bonds. The van der Waals surface area contributed by atoms with Gasteiger partial charge in [0, 0.05) is 12.3 Å². The first-order chi connectivity index (χ1) is 5.54. The molecule has 2 bridgehead atoms. The van der Waals surface area contributed by atoms with E-state index in [0.29, 0.717) is 11.7 Å². The Bertz CT molecular complexity index is 264. The van der Waals surface area contributed by atoms with Gasteiger partial charge in [0.05, 0.1) is 0 Å². The van der Waals surface area contributed by atoms with Gasteiger partial charge in [-0.3, -0.25) is 4.79 Å². The standard InChI is InChI=1S/C11H16O/c1-7-4-9-5-8(2)11(7,3)6-10(9)12/h4,8-9H,5-6H2,1-3H3. The van der Waals surface area contributed by atoms with Gasteiger partial charge in [0.2, 0.25) is 0 Å². The summed E-state index contributed by atoms with van der Waals surface area (Å²) >= 11 is 0. The summed E-state index contributed by atoms with van der Waals surface area (Å²) in [6, 6.07) is 0. The number of hydrogen-bond acceptors (Lipinski definition) is 1. The second-order valence-corrected chi connectivity index (χ2v) is 4.65. The Morgan fingerprint density at radius 1 is 1.58 bits per heavy atom. The molecule has 3 unspecified atom stereocenters.